The summed E-state index contributed by atoms with van der Waals surface area (Å²) in [4.78, 5) is 17.7. The minimum atomic E-state index is 0.100. The lowest BCUT2D eigenvalue weighted by molar-refractivity contribution is -0.131. The van der Waals surface area contributed by atoms with E-state index in [9.17, 15) is 4.79 Å². The molecule has 6 heteroatoms. The van der Waals surface area contributed by atoms with Crippen LogP contribution in [0.25, 0.3) is 5.69 Å². The number of amides is 1. The fourth-order valence-corrected chi connectivity index (χ4v) is 3.59. The van der Waals surface area contributed by atoms with Gasteiger partial charge in [0.15, 0.2) is 0 Å². The predicted molar refractivity (Wildman–Crippen MR) is 105 cm³/mol. The zero-order valence-electron chi connectivity index (χ0n) is 15.4. The monoisotopic (exact) mass is 368 g/mol. The fourth-order valence-electron chi connectivity index (χ4n) is 2.74. The number of hydrogen-bond donors (Lipinski definition) is 0. The third kappa shape index (κ3) is 4.39. The van der Waals surface area contributed by atoms with Crippen LogP contribution >= 0.6 is 11.3 Å². The molecule has 0 bridgehead atoms. The Labute approximate surface area is 158 Å². The third-order valence-electron chi connectivity index (χ3n) is 4.50. The second-order valence-electron chi connectivity index (χ2n) is 6.49. The van der Waals surface area contributed by atoms with Crippen LogP contribution in [0.1, 0.15) is 23.4 Å². The van der Waals surface area contributed by atoms with Gasteiger partial charge in [0.05, 0.1) is 18.4 Å². The van der Waals surface area contributed by atoms with Gasteiger partial charge in [-0.2, -0.15) is 5.10 Å². The molecule has 5 nitrogen and oxygen atoms in total. The maximum Gasteiger partial charge on any atom is 0.236 e. The highest BCUT2D eigenvalue weighted by atomic mass is 32.1. The van der Waals surface area contributed by atoms with E-state index in [0.717, 1.165) is 11.3 Å². The molecular formula is C20H24N4OS. The van der Waals surface area contributed by atoms with Crippen LogP contribution in [0.3, 0.4) is 0 Å². The summed E-state index contributed by atoms with van der Waals surface area (Å²) in [6.07, 6.45) is 3.78. The molecule has 0 radical (unpaired) electrons. The fraction of sp³-hybridized carbons (Fsp3) is 0.300. The molecular weight excluding hydrogens is 344 g/mol. The summed E-state index contributed by atoms with van der Waals surface area (Å²) in [6, 6.07) is 14.3. The molecule has 1 amide bonds. The normalized spacial score (nSPS) is 12.3. The van der Waals surface area contributed by atoms with Crippen molar-refractivity contribution in [2.75, 3.05) is 20.6 Å². The molecule has 0 aliphatic rings. The van der Waals surface area contributed by atoms with Crippen LogP contribution in [-0.2, 0) is 11.3 Å². The van der Waals surface area contributed by atoms with Gasteiger partial charge in [0.1, 0.15) is 0 Å². The van der Waals surface area contributed by atoms with Crippen molar-refractivity contribution in [1.82, 2.24) is 19.6 Å². The van der Waals surface area contributed by atoms with E-state index < -0.39 is 0 Å². The number of aromatic nitrogens is 2. The molecule has 3 rings (SSSR count). The van der Waals surface area contributed by atoms with Gasteiger partial charge in [-0.15, -0.1) is 11.3 Å². The standard InChI is InChI=1S/C20H24N4OS/c1-16(19-10-7-11-26-19)22(2)15-20(25)23(3)13-17-12-21-24(14-17)18-8-5-4-6-9-18/h4-12,14,16H,13,15H2,1-3H3. The average molecular weight is 369 g/mol. The van der Waals surface area contributed by atoms with E-state index >= 15 is 0 Å². The van der Waals surface area contributed by atoms with Crippen molar-refractivity contribution in [3.63, 3.8) is 0 Å². The number of benzene rings is 1. The van der Waals surface area contributed by atoms with Gasteiger partial charge in [0, 0.05) is 36.3 Å². The molecule has 0 saturated heterocycles. The highest BCUT2D eigenvalue weighted by molar-refractivity contribution is 7.10. The van der Waals surface area contributed by atoms with Gasteiger partial charge in [-0.3, -0.25) is 9.69 Å². The highest BCUT2D eigenvalue weighted by Crippen LogP contribution is 2.23. The molecule has 2 aromatic heterocycles. The molecule has 0 N–H and O–H groups in total. The van der Waals surface area contributed by atoms with E-state index in [-0.39, 0.29) is 11.9 Å². The van der Waals surface area contributed by atoms with Crippen molar-refractivity contribution in [2.24, 2.45) is 0 Å². The summed E-state index contributed by atoms with van der Waals surface area (Å²) in [6.45, 7) is 3.07. The predicted octanol–water partition coefficient (Wildman–Crippen LogP) is 3.59. The van der Waals surface area contributed by atoms with Crippen molar-refractivity contribution < 1.29 is 4.79 Å². The van der Waals surface area contributed by atoms with Crippen LogP contribution in [0, 0.1) is 0 Å². The molecule has 136 valence electrons. The number of thiophene rings is 1. The Bertz CT molecular complexity index is 829. The first-order chi connectivity index (χ1) is 12.5. The lowest BCUT2D eigenvalue weighted by atomic mass is 10.2. The number of carbonyl (C=O) groups excluding carboxylic acids is 1. The molecule has 0 fully saturated rings. The Morgan fingerprint density at radius 1 is 1.19 bits per heavy atom. The van der Waals surface area contributed by atoms with E-state index in [1.54, 1.807) is 16.2 Å². The van der Waals surface area contributed by atoms with Gasteiger partial charge in [0.2, 0.25) is 5.91 Å². The largest absolute Gasteiger partial charge is 0.340 e. The van der Waals surface area contributed by atoms with Crippen LogP contribution in [0.5, 0.6) is 0 Å². The summed E-state index contributed by atoms with van der Waals surface area (Å²) < 4.78 is 1.83. The first-order valence-corrected chi connectivity index (χ1v) is 9.49. The van der Waals surface area contributed by atoms with Crippen molar-refractivity contribution in [2.45, 2.75) is 19.5 Å². The van der Waals surface area contributed by atoms with Gasteiger partial charge in [-0.1, -0.05) is 24.3 Å². The van der Waals surface area contributed by atoms with E-state index in [4.69, 9.17) is 0 Å². The van der Waals surface area contributed by atoms with Crippen molar-refractivity contribution in [3.8, 4) is 5.69 Å². The number of likely N-dealkylation sites (N-methyl/N-ethyl adjacent to an activating group) is 2. The topological polar surface area (TPSA) is 41.4 Å². The van der Waals surface area contributed by atoms with Crippen molar-refractivity contribution in [1.29, 1.82) is 0 Å². The maximum absolute atomic E-state index is 12.6. The Morgan fingerprint density at radius 3 is 2.65 bits per heavy atom. The van der Waals surface area contributed by atoms with Crippen LogP contribution in [-0.4, -0.2) is 46.1 Å². The number of hydrogen-bond acceptors (Lipinski definition) is 4. The first-order valence-electron chi connectivity index (χ1n) is 8.61. The zero-order valence-corrected chi connectivity index (χ0v) is 16.2. The maximum atomic E-state index is 12.6. The Kier molecular flexibility index (Phi) is 5.85. The summed E-state index contributed by atoms with van der Waals surface area (Å²) in [5, 5.41) is 6.46. The second kappa shape index (κ2) is 8.29. The van der Waals surface area contributed by atoms with Gasteiger partial charge >= 0.3 is 0 Å². The van der Waals surface area contributed by atoms with Crippen LogP contribution in [0.4, 0.5) is 0 Å². The number of nitrogens with zero attached hydrogens (tertiary/aromatic N) is 4. The van der Waals surface area contributed by atoms with Crippen molar-refractivity contribution >= 4 is 17.2 Å². The first kappa shape index (κ1) is 18.4. The summed E-state index contributed by atoms with van der Waals surface area (Å²) in [5.74, 6) is 0.100. The molecule has 0 spiro atoms. The number of carbonyl (C=O) groups is 1. The quantitative estimate of drug-likeness (QED) is 0.640. The summed E-state index contributed by atoms with van der Waals surface area (Å²) >= 11 is 1.72. The van der Waals surface area contributed by atoms with Crippen LogP contribution < -0.4 is 0 Å². The van der Waals surface area contributed by atoms with Crippen LogP contribution in [0.2, 0.25) is 0 Å². The van der Waals surface area contributed by atoms with Gasteiger partial charge < -0.3 is 4.90 Å². The Hall–Kier alpha value is -2.44. The number of para-hydroxylation sites is 1. The molecule has 1 aromatic carbocycles. The zero-order chi connectivity index (χ0) is 18.5. The minimum absolute atomic E-state index is 0.100. The van der Waals surface area contributed by atoms with Gasteiger partial charge in [-0.05, 0) is 37.6 Å². The van der Waals surface area contributed by atoms with Gasteiger partial charge in [-0.25, -0.2) is 4.68 Å². The number of rotatable bonds is 7. The molecule has 26 heavy (non-hydrogen) atoms. The average Bonchev–Trinajstić information content (AvgIpc) is 3.33. The second-order valence-corrected chi connectivity index (χ2v) is 7.46. The molecule has 0 aliphatic heterocycles. The summed E-state index contributed by atoms with van der Waals surface area (Å²) in [7, 11) is 3.83. The van der Waals surface area contributed by atoms with E-state index in [0.29, 0.717) is 13.1 Å². The van der Waals surface area contributed by atoms with Gasteiger partial charge in [0.25, 0.3) is 0 Å². The van der Waals surface area contributed by atoms with E-state index in [2.05, 4.69) is 28.4 Å². The SMILES string of the molecule is CC(c1cccs1)N(C)CC(=O)N(C)Cc1cnn(-c2ccccc2)c1. The van der Waals surface area contributed by atoms with Crippen molar-refractivity contribution in [3.05, 3.63) is 70.7 Å². The Morgan fingerprint density at radius 2 is 1.96 bits per heavy atom. The molecule has 1 atom stereocenters. The molecule has 0 saturated carbocycles. The third-order valence-corrected chi connectivity index (χ3v) is 5.55. The molecule has 1 unspecified atom stereocenters. The lowest BCUT2D eigenvalue weighted by Gasteiger charge is -2.26. The molecule has 2 heterocycles. The lowest BCUT2D eigenvalue weighted by Crippen LogP contribution is -2.37. The minimum Gasteiger partial charge on any atom is -0.340 e. The smallest absolute Gasteiger partial charge is 0.236 e. The molecule has 3 aromatic rings. The van der Waals surface area contributed by atoms with Crippen LogP contribution in [0.15, 0.2) is 60.2 Å². The highest BCUT2D eigenvalue weighted by Gasteiger charge is 2.18. The van der Waals surface area contributed by atoms with E-state index in [1.807, 2.05) is 67.6 Å². The summed E-state index contributed by atoms with van der Waals surface area (Å²) in [5.41, 5.74) is 2.02. The molecule has 0 aliphatic carbocycles. The Balaban J connectivity index is 1.57. The van der Waals surface area contributed by atoms with E-state index in [1.165, 1.54) is 4.88 Å².